The van der Waals surface area contributed by atoms with Crippen LogP contribution in [0.1, 0.15) is 40.7 Å². The topological polar surface area (TPSA) is 74.4 Å². The Morgan fingerprint density at radius 2 is 1.71 bits per heavy atom. The van der Waals surface area contributed by atoms with Crippen molar-refractivity contribution in [3.05, 3.63) is 59.2 Å². The number of halogens is 1. The van der Waals surface area contributed by atoms with E-state index in [1.807, 2.05) is 41.3 Å². The lowest BCUT2D eigenvalue weighted by Crippen LogP contribution is -2.61. The average molecular weight is 600 g/mol. The number of amides is 2. The van der Waals surface area contributed by atoms with Crippen LogP contribution in [0.5, 0.6) is 11.5 Å². The molecular weight excluding hydrogens is 568 g/mol. The van der Waals surface area contributed by atoms with Crippen molar-refractivity contribution in [3.63, 3.8) is 0 Å². The van der Waals surface area contributed by atoms with Crippen LogP contribution >= 0.6 is 28.1 Å². The molecule has 2 aromatic rings. The highest BCUT2D eigenvalue weighted by Crippen LogP contribution is 2.34. The Hall–Kier alpha value is -2.69. The zero-order valence-electron chi connectivity index (χ0n) is 21.1. The molecule has 10 heteroatoms. The second-order valence-corrected chi connectivity index (χ2v) is 12.1. The minimum atomic E-state index is -0.0515. The van der Waals surface area contributed by atoms with Crippen molar-refractivity contribution in [2.75, 3.05) is 33.0 Å². The van der Waals surface area contributed by atoms with Gasteiger partial charge in [0, 0.05) is 49.2 Å². The van der Waals surface area contributed by atoms with Gasteiger partial charge in [-0.25, -0.2) is 0 Å². The van der Waals surface area contributed by atoms with Gasteiger partial charge >= 0.3 is 0 Å². The van der Waals surface area contributed by atoms with Gasteiger partial charge in [-0.05, 0) is 66.9 Å². The van der Waals surface area contributed by atoms with E-state index in [-0.39, 0.29) is 30.6 Å². The molecule has 200 valence electrons. The molecule has 3 atom stereocenters. The van der Waals surface area contributed by atoms with Gasteiger partial charge in [0.25, 0.3) is 5.91 Å². The summed E-state index contributed by atoms with van der Waals surface area (Å²) in [5, 5.41) is 3.88. The van der Waals surface area contributed by atoms with Crippen molar-refractivity contribution in [3.8, 4) is 11.5 Å². The van der Waals surface area contributed by atoms with Crippen LogP contribution < -0.4 is 14.8 Å². The lowest BCUT2D eigenvalue weighted by Gasteiger charge is -2.43. The molecule has 6 rings (SSSR count). The van der Waals surface area contributed by atoms with Crippen LogP contribution in [0.4, 0.5) is 0 Å². The number of carbonyl (C=O) groups excluding carboxylic acids is 2. The summed E-state index contributed by atoms with van der Waals surface area (Å²) in [5.41, 5.74) is 2.80. The summed E-state index contributed by atoms with van der Waals surface area (Å²) >= 11 is 9.21. The van der Waals surface area contributed by atoms with E-state index in [1.165, 1.54) is 5.56 Å². The van der Waals surface area contributed by atoms with Crippen molar-refractivity contribution in [1.29, 1.82) is 0 Å². The molecule has 8 nitrogen and oxygen atoms in total. The van der Waals surface area contributed by atoms with Crippen molar-refractivity contribution in [2.45, 2.75) is 43.2 Å². The molecule has 4 aliphatic rings. The Morgan fingerprint density at radius 3 is 2.50 bits per heavy atom. The van der Waals surface area contributed by atoms with Crippen molar-refractivity contribution in [2.24, 2.45) is 5.92 Å². The third-order valence-electron chi connectivity index (χ3n) is 7.97. The lowest BCUT2D eigenvalue weighted by atomic mass is 9.82. The van der Waals surface area contributed by atoms with Crippen molar-refractivity contribution in [1.82, 2.24) is 20.0 Å². The van der Waals surface area contributed by atoms with E-state index in [4.69, 9.17) is 21.7 Å². The summed E-state index contributed by atoms with van der Waals surface area (Å²) in [6.45, 7) is 4.51. The van der Waals surface area contributed by atoms with E-state index >= 15 is 0 Å². The third kappa shape index (κ3) is 5.26. The zero-order valence-corrected chi connectivity index (χ0v) is 23.5. The van der Waals surface area contributed by atoms with Gasteiger partial charge in [0.15, 0.2) is 16.6 Å². The molecule has 3 aliphatic heterocycles. The largest absolute Gasteiger partial charge is 0.454 e. The number of benzene rings is 2. The standard InChI is InChI=1S/C28H31BrN4O4S/c29-21-6-7-23-22(14-21)27(35)33(28(38)30-23)16-18-1-4-20(5-2-18)26(34)32-11-9-31(10-12-32)15-19-3-8-24-25(13-19)37-17-36-24/h1-5,8,13,21-23H,6-7,9-12,14-17H2,(H,30,38). The van der Waals surface area contributed by atoms with E-state index in [2.05, 4.69) is 32.2 Å². The molecule has 2 aromatic carbocycles. The summed E-state index contributed by atoms with van der Waals surface area (Å²) in [6, 6.07) is 13.8. The first-order valence-electron chi connectivity index (χ1n) is 13.2. The number of ether oxygens (including phenoxy) is 2. The van der Waals surface area contributed by atoms with Crippen LogP contribution in [-0.2, 0) is 17.9 Å². The number of hydrogen-bond acceptors (Lipinski definition) is 6. The average Bonchev–Trinajstić information content (AvgIpc) is 3.40. The molecule has 1 aliphatic carbocycles. The van der Waals surface area contributed by atoms with Gasteiger partial charge in [0.05, 0.1) is 12.5 Å². The van der Waals surface area contributed by atoms with Gasteiger partial charge in [0.2, 0.25) is 12.7 Å². The van der Waals surface area contributed by atoms with Crippen molar-refractivity contribution >= 4 is 45.1 Å². The van der Waals surface area contributed by atoms with Crippen LogP contribution in [0.25, 0.3) is 0 Å². The molecule has 0 radical (unpaired) electrons. The highest BCUT2D eigenvalue weighted by molar-refractivity contribution is 9.09. The number of nitrogens with zero attached hydrogens (tertiary/aromatic N) is 3. The Morgan fingerprint density at radius 1 is 0.974 bits per heavy atom. The maximum Gasteiger partial charge on any atom is 0.253 e. The molecule has 3 fully saturated rings. The Kier molecular flexibility index (Phi) is 7.29. The van der Waals surface area contributed by atoms with Gasteiger partial charge in [-0.3, -0.25) is 19.4 Å². The van der Waals surface area contributed by atoms with E-state index in [0.717, 1.165) is 56.0 Å². The first kappa shape index (κ1) is 25.6. The fourth-order valence-electron chi connectivity index (χ4n) is 5.78. The lowest BCUT2D eigenvalue weighted by molar-refractivity contribution is -0.135. The van der Waals surface area contributed by atoms with Gasteiger partial charge in [-0.15, -0.1) is 0 Å². The van der Waals surface area contributed by atoms with Gasteiger partial charge in [-0.2, -0.15) is 0 Å². The molecule has 3 heterocycles. The minimum Gasteiger partial charge on any atom is -0.454 e. The smallest absolute Gasteiger partial charge is 0.253 e. The first-order chi connectivity index (χ1) is 18.4. The number of alkyl halides is 1. The third-order valence-corrected chi connectivity index (χ3v) is 9.14. The second kappa shape index (κ2) is 10.8. The van der Waals surface area contributed by atoms with Crippen molar-refractivity contribution < 1.29 is 19.1 Å². The van der Waals surface area contributed by atoms with Gasteiger partial charge in [-0.1, -0.05) is 34.1 Å². The molecule has 1 saturated carbocycles. The summed E-state index contributed by atoms with van der Waals surface area (Å²) in [4.78, 5) is 32.7. The summed E-state index contributed by atoms with van der Waals surface area (Å²) < 4.78 is 10.9. The summed E-state index contributed by atoms with van der Waals surface area (Å²) in [7, 11) is 0. The molecule has 2 saturated heterocycles. The molecular formula is C28H31BrN4O4S. The molecule has 3 unspecified atom stereocenters. The predicted octanol–water partition coefficient (Wildman–Crippen LogP) is 3.52. The number of nitrogens with one attached hydrogen (secondary N) is 1. The molecule has 0 spiro atoms. The van der Waals surface area contributed by atoms with E-state index in [1.54, 1.807) is 4.90 Å². The summed E-state index contributed by atoms with van der Waals surface area (Å²) in [5.74, 6) is 1.68. The Labute approximate surface area is 236 Å². The molecule has 1 N–H and O–H groups in total. The van der Waals surface area contributed by atoms with Gasteiger partial charge in [0.1, 0.15) is 0 Å². The van der Waals surface area contributed by atoms with Crippen LogP contribution in [-0.4, -0.2) is 75.5 Å². The number of rotatable bonds is 5. The van der Waals surface area contributed by atoms with Gasteiger partial charge < -0.3 is 19.7 Å². The number of carbonyl (C=O) groups is 2. The highest BCUT2D eigenvalue weighted by atomic mass is 79.9. The Balaban J connectivity index is 1.02. The SMILES string of the molecule is O=C(c1ccc(CN2C(=O)C3CC(Br)CCC3NC2=S)cc1)N1CCN(Cc2ccc3c(c2)OCO3)CC1. The number of thiocarbonyl (C=S) groups is 1. The quantitative estimate of drug-likeness (QED) is 0.417. The van der Waals surface area contributed by atoms with Crippen LogP contribution in [0, 0.1) is 5.92 Å². The molecule has 0 bridgehead atoms. The first-order valence-corrected chi connectivity index (χ1v) is 14.5. The van der Waals surface area contributed by atoms with E-state index in [9.17, 15) is 9.59 Å². The number of fused-ring (bicyclic) bond motifs is 2. The van der Waals surface area contributed by atoms with E-state index < -0.39 is 0 Å². The monoisotopic (exact) mass is 598 g/mol. The van der Waals surface area contributed by atoms with Crippen LogP contribution in [0.2, 0.25) is 0 Å². The zero-order chi connectivity index (χ0) is 26.2. The highest BCUT2D eigenvalue weighted by Gasteiger charge is 2.42. The maximum atomic E-state index is 13.2. The molecule has 2 amide bonds. The molecule has 0 aromatic heterocycles. The fourth-order valence-corrected chi connectivity index (χ4v) is 6.75. The maximum absolute atomic E-state index is 13.2. The molecule has 38 heavy (non-hydrogen) atoms. The predicted molar refractivity (Wildman–Crippen MR) is 150 cm³/mol. The second-order valence-electron chi connectivity index (χ2n) is 10.5. The van der Waals surface area contributed by atoms with Crippen LogP contribution in [0.3, 0.4) is 0 Å². The normalized spacial score (nSPS) is 25.2. The number of piperazine rings is 1. The van der Waals surface area contributed by atoms with Crippen LogP contribution in [0.15, 0.2) is 42.5 Å². The number of hydrogen-bond donors (Lipinski definition) is 1. The summed E-state index contributed by atoms with van der Waals surface area (Å²) in [6.07, 6.45) is 2.82. The minimum absolute atomic E-state index is 0.0407. The fraction of sp³-hybridized carbons (Fsp3) is 0.464. The Bertz CT molecular complexity index is 1230. The van der Waals surface area contributed by atoms with E-state index in [0.29, 0.717) is 35.1 Å².